The van der Waals surface area contributed by atoms with Crippen LogP contribution in [0.3, 0.4) is 0 Å². The lowest BCUT2D eigenvalue weighted by Crippen LogP contribution is -2.42. The molecule has 208 valence electrons. The summed E-state index contributed by atoms with van der Waals surface area (Å²) in [5.41, 5.74) is 2.34. The Morgan fingerprint density at radius 2 is 1.90 bits per heavy atom. The van der Waals surface area contributed by atoms with Crippen LogP contribution in [0, 0.1) is 0 Å². The largest absolute Gasteiger partial charge is 0.507 e. The SMILES string of the molecule is CCCCCOc1cccc([C@H]2/C(=C(\O)c3ccc4c(c3)C[C@H](C)O4)C(=O)C(=O)N2CCN2CCOCC2)c1. The molecule has 3 aliphatic heterocycles. The second-order valence-electron chi connectivity index (χ2n) is 10.5. The van der Waals surface area contributed by atoms with Crippen LogP contribution in [-0.2, 0) is 20.7 Å². The zero-order chi connectivity index (χ0) is 27.4. The molecule has 1 amide bonds. The Bertz CT molecular complexity index is 1240. The van der Waals surface area contributed by atoms with E-state index in [1.165, 1.54) is 0 Å². The fraction of sp³-hybridized carbons (Fsp3) is 0.484. The molecule has 2 aromatic rings. The first-order valence-corrected chi connectivity index (χ1v) is 14.1. The van der Waals surface area contributed by atoms with Crippen LogP contribution >= 0.6 is 0 Å². The molecule has 2 atom stereocenters. The van der Waals surface area contributed by atoms with Crippen LogP contribution in [0.25, 0.3) is 5.76 Å². The van der Waals surface area contributed by atoms with Gasteiger partial charge < -0.3 is 24.2 Å². The van der Waals surface area contributed by atoms with Crippen molar-refractivity contribution in [2.45, 2.75) is 51.7 Å². The number of carbonyl (C=O) groups is 2. The van der Waals surface area contributed by atoms with E-state index in [4.69, 9.17) is 14.2 Å². The number of carbonyl (C=O) groups excluding carboxylic acids is 2. The third-order valence-corrected chi connectivity index (χ3v) is 7.66. The number of rotatable bonds is 10. The van der Waals surface area contributed by atoms with Crippen molar-refractivity contribution in [1.29, 1.82) is 0 Å². The molecule has 1 N–H and O–H groups in total. The number of Topliss-reactive ketones (excluding diaryl/α,β-unsaturated/α-hetero) is 1. The van der Waals surface area contributed by atoms with Gasteiger partial charge in [0.15, 0.2) is 0 Å². The van der Waals surface area contributed by atoms with Gasteiger partial charge in [-0.3, -0.25) is 14.5 Å². The molecule has 8 heteroatoms. The fourth-order valence-corrected chi connectivity index (χ4v) is 5.57. The molecule has 2 saturated heterocycles. The maximum atomic E-state index is 13.5. The molecular formula is C31H38N2O6. The van der Waals surface area contributed by atoms with Crippen LogP contribution < -0.4 is 9.47 Å². The van der Waals surface area contributed by atoms with Gasteiger partial charge in [0.25, 0.3) is 11.7 Å². The van der Waals surface area contributed by atoms with Crippen molar-refractivity contribution in [3.8, 4) is 11.5 Å². The maximum absolute atomic E-state index is 13.5. The van der Waals surface area contributed by atoms with Gasteiger partial charge in [0.05, 0.1) is 31.4 Å². The average molecular weight is 535 g/mol. The van der Waals surface area contributed by atoms with Crippen LogP contribution in [0.4, 0.5) is 0 Å². The van der Waals surface area contributed by atoms with Crippen molar-refractivity contribution in [3.05, 3.63) is 64.7 Å². The quantitative estimate of drug-likeness (QED) is 0.210. The number of ether oxygens (including phenoxy) is 3. The Morgan fingerprint density at radius 3 is 2.69 bits per heavy atom. The summed E-state index contributed by atoms with van der Waals surface area (Å²) in [5.74, 6) is 0.0467. The number of hydrogen-bond acceptors (Lipinski definition) is 7. The van der Waals surface area contributed by atoms with Crippen molar-refractivity contribution in [2.24, 2.45) is 0 Å². The zero-order valence-electron chi connectivity index (χ0n) is 22.9. The summed E-state index contributed by atoms with van der Waals surface area (Å²) in [4.78, 5) is 30.7. The maximum Gasteiger partial charge on any atom is 0.295 e. The van der Waals surface area contributed by atoms with Crippen molar-refractivity contribution in [3.63, 3.8) is 0 Å². The van der Waals surface area contributed by atoms with Gasteiger partial charge in [-0.05, 0) is 54.8 Å². The zero-order valence-corrected chi connectivity index (χ0v) is 22.9. The van der Waals surface area contributed by atoms with Crippen LogP contribution in [0.5, 0.6) is 11.5 Å². The van der Waals surface area contributed by atoms with Crippen LogP contribution in [0.1, 0.15) is 55.8 Å². The van der Waals surface area contributed by atoms with Crippen LogP contribution in [-0.4, -0.2) is 78.7 Å². The third-order valence-electron chi connectivity index (χ3n) is 7.66. The number of nitrogens with zero attached hydrogens (tertiary/aromatic N) is 2. The van der Waals surface area contributed by atoms with E-state index in [0.29, 0.717) is 44.2 Å². The second kappa shape index (κ2) is 12.2. The van der Waals surface area contributed by atoms with Crippen LogP contribution in [0.2, 0.25) is 0 Å². The predicted molar refractivity (Wildman–Crippen MR) is 148 cm³/mol. The molecule has 0 aliphatic carbocycles. The van der Waals surface area contributed by atoms with E-state index in [0.717, 1.165) is 55.6 Å². The number of morpholine rings is 1. The fourth-order valence-electron chi connectivity index (χ4n) is 5.57. The highest BCUT2D eigenvalue weighted by molar-refractivity contribution is 6.46. The van der Waals surface area contributed by atoms with E-state index in [-0.39, 0.29) is 17.4 Å². The smallest absolute Gasteiger partial charge is 0.295 e. The number of aliphatic hydroxyl groups is 1. The molecule has 2 fully saturated rings. The van der Waals surface area contributed by atoms with Crippen LogP contribution in [0.15, 0.2) is 48.0 Å². The number of benzene rings is 2. The molecule has 0 unspecified atom stereocenters. The summed E-state index contributed by atoms with van der Waals surface area (Å²) in [7, 11) is 0. The topological polar surface area (TPSA) is 88.5 Å². The van der Waals surface area contributed by atoms with Crippen molar-refractivity contribution < 1.29 is 28.9 Å². The van der Waals surface area contributed by atoms with Gasteiger partial charge in [-0.25, -0.2) is 0 Å². The van der Waals surface area contributed by atoms with Gasteiger partial charge in [0.2, 0.25) is 0 Å². The summed E-state index contributed by atoms with van der Waals surface area (Å²) in [5, 5.41) is 11.5. The Labute approximate surface area is 230 Å². The first-order chi connectivity index (χ1) is 19.0. The highest BCUT2D eigenvalue weighted by Gasteiger charge is 2.46. The first kappa shape index (κ1) is 27.2. The number of unbranched alkanes of at least 4 members (excludes halogenated alkanes) is 2. The average Bonchev–Trinajstić information content (AvgIpc) is 3.45. The van der Waals surface area contributed by atoms with E-state index >= 15 is 0 Å². The lowest BCUT2D eigenvalue weighted by molar-refractivity contribution is -0.140. The lowest BCUT2D eigenvalue weighted by atomic mass is 9.94. The van der Waals surface area contributed by atoms with E-state index < -0.39 is 17.7 Å². The van der Waals surface area contributed by atoms with E-state index in [1.54, 1.807) is 11.0 Å². The van der Waals surface area contributed by atoms with Crippen molar-refractivity contribution in [1.82, 2.24) is 9.80 Å². The number of likely N-dealkylation sites (tertiary alicyclic amines) is 1. The number of ketones is 1. The van der Waals surface area contributed by atoms with Crippen molar-refractivity contribution >= 4 is 17.4 Å². The van der Waals surface area contributed by atoms with E-state index in [2.05, 4.69) is 11.8 Å². The molecule has 0 spiro atoms. The third kappa shape index (κ3) is 5.97. The highest BCUT2D eigenvalue weighted by atomic mass is 16.5. The normalized spacial score (nSPS) is 22.7. The molecule has 0 radical (unpaired) electrons. The molecule has 0 aromatic heterocycles. The number of amides is 1. The minimum atomic E-state index is -0.714. The van der Waals surface area contributed by atoms with Gasteiger partial charge >= 0.3 is 0 Å². The van der Waals surface area contributed by atoms with E-state index in [9.17, 15) is 14.7 Å². The van der Waals surface area contributed by atoms with Gasteiger partial charge in [0, 0.05) is 38.2 Å². The standard InChI is InChI=1S/C31H38N2O6/c1-3-4-5-15-38-25-8-6-7-22(20-25)28-27(29(34)23-9-10-26-24(19-23)18-21(2)39-26)30(35)31(36)33(28)12-11-32-13-16-37-17-14-32/h6-10,19-21,28,34H,3-5,11-18H2,1-2H3/b29-27+/t21-,28-/m0/s1. The highest BCUT2D eigenvalue weighted by Crippen LogP contribution is 2.41. The summed E-state index contributed by atoms with van der Waals surface area (Å²) in [6.07, 6.45) is 3.94. The Balaban J connectivity index is 1.49. The molecule has 8 nitrogen and oxygen atoms in total. The summed E-state index contributed by atoms with van der Waals surface area (Å²) >= 11 is 0. The van der Waals surface area contributed by atoms with Gasteiger partial charge in [-0.1, -0.05) is 31.9 Å². The summed E-state index contributed by atoms with van der Waals surface area (Å²) < 4.78 is 17.3. The Kier molecular flexibility index (Phi) is 8.53. The summed E-state index contributed by atoms with van der Waals surface area (Å²) in [6.45, 7) is 8.60. The number of hydrogen-bond donors (Lipinski definition) is 1. The van der Waals surface area contributed by atoms with E-state index in [1.807, 2.05) is 43.3 Å². The predicted octanol–water partition coefficient (Wildman–Crippen LogP) is 4.33. The molecule has 3 aliphatic rings. The van der Waals surface area contributed by atoms with Gasteiger partial charge in [-0.15, -0.1) is 0 Å². The number of fused-ring (bicyclic) bond motifs is 1. The minimum Gasteiger partial charge on any atom is -0.507 e. The monoisotopic (exact) mass is 534 g/mol. The first-order valence-electron chi connectivity index (χ1n) is 14.1. The number of aliphatic hydroxyl groups excluding tert-OH is 1. The molecule has 3 heterocycles. The molecule has 5 rings (SSSR count). The molecule has 2 aromatic carbocycles. The summed E-state index contributed by atoms with van der Waals surface area (Å²) in [6, 6.07) is 12.3. The molecule has 0 saturated carbocycles. The molecule has 39 heavy (non-hydrogen) atoms. The molecule has 0 bridgehead atoms. The lowest BCUT2D eigenvalue weighted by Gasteiger charge is -2.31. The van der Waals surface area contributed by atoms with Gasteiger partial charge in [0.1, 0.15) is 23.4 Å². The Hall–Kier alpha value is -3.36. The Morgan fingerprint density at radius 1 is 1.08 bits per heavy atom. The van der Waals surface area contributed by atoms with Crippen molar-refractivity contribution in [2.75, 3.05) is 46.0 Å². The van der Waals surface area contributed by atoms with Gasteiger partial charge in [-0.2, -0.15) is 0 Å². The minimum absolute atomic E-state index is 0.0585. The second-order valence-corrected chi connectivity index (χ2v) is 10.5. The molecular weight excluding hydrogens is 496 g/mol.